The molecule has 0 aliphatic carbocycles. The number of benzene rings is 2. The first-order chi connectivity index (χ1) is 10.5. The molecule has 0 spiro atoms. The zero-order valence-electron chi connectivity index (χ0n) is 13.1. The second kappa shape index (κ2) is 7.38. The largest absolute Gasteiger partial charge is 0.488 e. The fourth-order valence-corrected chi connectivity index (χ4v) is 2.37. The lowest BCUT2D eigenvalue weighted by Gasteiger charge is -2.16. The Kier molecular flexibility index (Phi) is 5.52. The summed E-state index contributed by atoms with van der Waals surface area (Å²) in [6, 6.07) is 11.6. The molecule has 3 nitrogen and oxygen atoms in total. The molecule has 0 saturated carbocycles. The summed E-state index contributed by atoms with van der Waals surface area (Å²) in [5, 5.41) is 9.95. The molecular formula is C18H20O3S. The molecule has 116 valence electrons. The van der Waals surface area contributed by atoms with Crippen LogP contribution in [-0.2, 0) is 13.2 Å². The summed E-state index contributed by atoms with van der Waals surface area (Å²) < 4.78 is 11.5. The zero-order valence-corrected chi connectivity index (χ0v) is 13.9. The number of hydrogen-bond acceptors (Lipinski definition) is 4. The Hall–Kier alpha value is -1.91. The van der Waals surface area contributed by atoms with Gasteiger partial charge in [-0.05, 0) is 49.3 Å². The van der Waals surface area contributed by atoms with Crippen molar-refractivity contribution in [3.8, 4) is 11.5 Å². The summed E-state index contributed by atoms with van der Waals surface area (Å²) >= 11 is 5.00. The maximum absolute atomic E-state index is 9.52. The molecule has 4 heteroatoms. The molecule has 0 atom stereocenters. The molecule has 1 N–H and O–H groups in total. The van der Waals surface area contributed by atoms with Crippen molar-refractivity contribution in [3.05, 3.63) is 58.7 Å². The van der Waals surface area contributed by atoms with Gasteiger partial charge < -0.3 is 14.6 Å². The molecule has 0 bridgehead atoms. The van der Waals surface area contributed by atoms with E-state index in [2.05, 4.69) is 6.07 Å². The van der Waals surface area contributed by atoms with Gasteiger partial charge in [-0.15, -0.1) is 0 Å². The SMILES string of the molecule is CC(=S)Oc1cccc(CO)c1COc1ccc(C)cc1C. The normalized spacial score (nSPS) is 10.4. The lowest BCUT2D eigenvalue weighted by molar-refractivity contribution is 0.267. The molecule has 2 aromatic rings. The topological polar surface area (TPSA) is 38.7 Å². The molecule has 2 rings (SSSR count). The molecule has 0 saturated heterocycles. The van der Waals surface area contributed by atoms with Gasteiger partial charge in [0.25, 0.3) is 0 Å². The Morgan fingerprint density at radius 1 is 1.14 bits per heavy atom. The third-order valence-corrected chi connectivity index (χ3v) is 3.44. The summed E-state index contributed by atoms with van der Waals surface area (Å²) in [5.74, 6) is 1.45. The van der Waals surface area contributed by atoms with Crippen molar-refractivity contribution in [2.75, 3.05) is 0 Å². The monoisotopic (exact) mass is 316 g/mol. The Bertz CT molecular complexity index is 680. The summed E-state index contributed by atoms with van der Waals surface area (Å²) in [6.07, 6.45) is 0. The van der Waals surface area contributed by atoms with Gasteiger partial charge in [-0.25, -0.2) is 0 Å². The first-order valence-electron chi connectivity index (χ1n) is 7.11. The predicted molar refractivity (Wildman–Crippen MR) is 91.5 cm³/mol. The second-order valence-electron chi connectivity index (χ2n) is 5.20. The average Bonchev–Trinajstić information content (AvgIpc) is 2.46. The van der Waals surface area contributed by atoms with Crippen LogP contribution in [0.3, 0.4) is 0 Å². The van der Waals surface area contributed by atoms with Gasteiger partial charge in [-0.3, -0.25) is 0 Å². The average molecular weight is 316 g/mol. The van der Waals surface area contributed by atoms with E-state index in [9.17, 15) is 5.11 Å². The van der Waals surface area contributed by atoms with E-state index in [-0.39, 0.29) is 6.61 Å². The number of aliphatic hydroxyl groups is 1. The van der Waals surface area contributed by atoms with E-state index in [1.165, 1.54) is 5.56 Å². The highest BCUT2D eigenvalue weighted by atomic mass is 32.1. The fourth-order valence-electron chi connectivity index (χ4n) is 2.28. The molecule has 0 amide bonds. The highest BCUT2D eigenvalue weighted by Gasteiger charge is 2.11. The number of rotatable bonds is 5. The van der Waals surface area contributed by atoms with Crippen LogP contribution in [0.15, 0.2) is 36.4 Å². The van der Waals surface area contributed by atoms with Crippen molar-refractivity contribution in [1.29, 1.82) is 0 Å². The van der Waals surface area contributed by atoms with Gasteiger partial charge in [-0.2, -0.15) is 0 Å². The van der Waals surface area contributed by atoms with E-state index in [0.717, 1.165) is 22.4 Å². The van der Waals surface area contributed by atoms with Crippen LogP contribution in [0.5, 0.6) is 11.5 Å². The first kappa shape index (κ1) is 16.5. The van der Waals surface area contributed by atoms with Crippen LogP contribution < -0.4 is 9.47 Å². The van der Waals surface area contributed by atoms with Crippen molar-refractivity contribution in [2.24, 2.45) is 0 Å². The number of thiocarbonyl (C=S) groups is 1. The lowest BCUT2D eigenvalue weighted by Crippen LogP contribution is -2.07. The molecule has 0 heterocycles. The van der Waals surface area contributed by atoms with E-state index in [1.807, 2.05) is 44.2 Å². The molecular weight excluding hydrogens is 296 g/mol. The Balaban J connectivity index is 2.25. The number of hydrogen-bond donors (Lipinski definition) is 1. The minimum atomic E-state index is -0.0702. The van der Waals surface area contributed by atoms with Crippen molar-refractivity contribution < 1.29 is 14.6 Å². The van der Waals surface area contributed by atoms with Crippen molar-refractivity contribution in [2.45, 2.75) is 34.0 Å². The van der Waals surface area contributed by atoms with Crippen LogP contribution in [-0.4, -0.2) is 10.2 Å². The predicted octanol–water partition coefficient (Wildman–Crippen LogP) is 4.10. The fraction of sp³-hybridized carbons (Fsp3) is 0.278. The molecule has 0 aliphatic rings. The van der Waals surface area contributed by atoms with Gasteiger partial charge in [0.15, 0.2) is 5.05 Å². The third-order valence-electron chi connectivity index (χ3n) is 3.36. The second-order valence-corrected chi connectivity index (χ2v) is 5.78. The van der Waals surface area contributed by atoms with Gasteiger partial charge in [-0.1, -0.05) is 29.8 Å². The van der Waals surface area contributed by atoms with E-state index < -0.39 is 0 Å². The number of aryl methyl sites for hydroxylation is 2. The lowest BCUT2D eigenvalue weighted by atomic mass is 10.1. The van der Waals surface area contributed by atoms with Gasteiger partial charge in [0.05, 0.1) is 6.61 Å². The van der Waals surface area contributed by atoms with E-state index >= 15 is 0 Å². The molecule has 0 radical (unpaired) electrons. The van der Waals surface area contributed by atoms with Crippen LogP contribution >= 0.6 is 12.2 Å². The smallest absolute Gasteiger partial charge is 0.164 e. The molecule has 22 heavy (non-hydrogen) atoms. The van der Waals surface area contributed by atoms with Crippen LogP contribution in [0, 0.1) is 13.8 Å². The number of ether oxygens (including phenoxy) is 2. The van der Waals surface area contributed by atoms with E-state index in [0.29, 0.717) is 17.4 Å². The van der Waals surface area contributed by atoms with Crippen LogP contribution in [0.2, 0.25) is 0 Å². The highest BCUT2D eigenvalue weighted by Crippen LogP contribution is 2.26. The molecule has 0 fully saturated rings. The summed E-state index contributed by atoms with van der Waals surface area (Å²) in [5.41, 5.74) is 3.86. The summed E-state index contributed by atoms with van der Waals surface area (Å²) in [7, 11) is 0. The van der Waals surface area contributed by atoms with E-state index in [4.69, 9.17) is 21.7 Å². The van der Waals surface area contributed by atoms with Crippen LogP contribution in [0.1, 0.15) is 29.2 Å². The number of aliphatic hydroxyl groups excluding tert-OH is 1. The first-order valence-corrected chi connectivity index (χ1v) is 7.52. The van der Waals surface area contributed by atoms with Crippen LogP contribution in [0.4, 0.5) is 0 Å². The molecule has 0 aliphatic heterocycles. The maximum atomic E-state index is 9.52. The standard InChI is InChI=1S/C18H20O3S/c1-12-7-8-17(13(2)9-12)20-11-16-15(10-19)5-4-6-18(16)21-14(3)22/h4-9,19H,10-11H2,1-3H3. The van der Waals surface area contributed by atoms with Gasteiger partial charge in [0, 0.05) is 12.5 Å². The molecule has 0 unspecified atom stereocenters. The third kappa shape index (κ3) is 4.06. The minimum Gasteiger partial charge on any atom is -0.488 e. The maximum Gasteiger partial charge on any atom is 0.164 e. The Morgan fingerprint density at radius 3 is 2.55 bits per heavy atom. The van der Waals surface area contributed by atoms with Crippen molar-refractivity contribution >= 4 is 17.3 Å². The van der Waals surface area contributed by atoms with Gasteiger partial charge in [0.1, 0.15) is 18.1 Å². The van der Waals surface area contributed by atoms with Crippen molar-refractivity contribution in [3.63, 3.8) is 0 Å². The molecule has 0 aromatic heterocycles. The van der Waals surface area contributed by atoms with Crippen LogP contribution in [0.25, 0.3) is 0 Å². The summed E-state index contributed by atoms with van der Waals surface area (Å²) in [6.45, 7) is 6.03. The highest BCUT2D eigenvalue weighted by molar-refractivity contribution is 7.80. The Labute approximate surface area is 136 Å². The zero-order chi connectivity index (χ0) is 16.1. The summed E-state index contributed by atoms with van der Waals surface area (Å²) in [4.78, 5) is 0. The van der Waals surface area contributed by atoms with Crippen molar-refractivity contribution in [1.82, 2.24) is 0 Å². The quantitative estimate of drug-likeness (QED) is 0.843. The molecule has 2 aromatic carbocycles. The van der Waals surface area contributed by atoms with E-state index in [1.54, 1.807) is 6.92 Å². The van der Waals surface area contributed by atoms with Gasteiger partial charge in [0.2, 0.25) is 0 Å². The van der Waals surface area contributed by atoms with Gasteiger partial charge >= 0.3 is 0 Å². The minimum absolute atomic E-state index is 0.0702. The Morgan fingerprint density at radius 2 is 1.91 bits per heavy atom.